The normalized spacial score (nSPS) is 41.7. The van der Waals surface area contributed by atoms with Crippen molar-refractivity contribution in [2.45, 2.75) is 31.3 Å². The molecule has 2 rings (SSSR count). The highest BCUT2D eigenvalue weighted by atomic mass is 16.5. The second kappa shape index (κ2) is 2.21. The van der Waals surface area contributed by atoms with E-state index >= 15 is 0 Å². The van der Waals surface area contributed by atoms with Gasteiger partial charge in [0.05, 0.1) is 12.2 Å². The molecule has 0 spiro atoms. The second-order valence-electron chi connectivity index (χ2n) is 3.53. The van der Waals surface area contributed by atoms with Crippen molar-refractivity contribution in [3.63, 3.8) is 0 Å². The van der Waals surface area contributed by atoms with E-state index in [-0.39, 0.29) is 0 Å². The maximum Gasteiger partial charge on any atom is 0.0908 e. The smallest absolute Gasteiger partial charge is 0.0908 e. The van der Waals surface area contributed by atoms with Crippen molar-refractivity contribution in [3.8, 4) is 0 Å². The number of ether oxygens (including phenoxy) is 1. The number of hydrogen-bond donors (Lipinski definition) is 1. The molecule has 1 saturated carbocycles. The van der Waals surface area contributed by atoms with Gasteiger partial charge in [-0.05, 0) is 31.6 Å². The van der Waals surface area contributed by atoms with Crippen LogP contribution in [0.3, 0.4) is 0 Å². The van der Waals surface area contributed by atoms with Crippen LogP contribution in [0.5, 0.6) is 0 Å². The van der Waals surface area contributed by atoms with Crippen LogP contribution in [0.1, 0.15) is 25.7 Å². The van der Waals surface area contributed by atoms with Gasteiger partial charge in [-0.25, -0.2) is 0 Å². The van der Waals surface area contributed by atoms with Crippen molar-refractivity contribution < 1.29 is 9.84 Å². The minimum atomic E-state index is -0.432. The van der Waals surface area contributed by atoms with Gasteiger partial charge in [-0.1, -0.05) is 0 Å². The van der Waals surface area contributed by atoms with E-state index in [9.17, 15) is 5.11 Å². The molecule has 0 aromatic rings. The van der Waals surface area contributed by atoms with Gasteiger partial charge in [0.2, 0.25) is 0 Å². The Hall–Kier alpha value is -0.0800. The Labute approximate surface area is 61.2 Å². The Morgan fingerprint density at radius 3 is 2.70 bits per heavy atom. The average molecular weight is 142 g/mol. The highest BCUT2D eigenvalue weighted by Crippen LogP contribution is 2.43. The first-order valence-electron chi connectivity index (χ1n) is 4.11. The summed E-state index contributed by atoms with van der Waals surface area (Å²) in [6.45, 7) is 1.42. The summed E-state index contributed by atoms with van der Waals surface area (Å²) >= 11 is 0. The first-order chi connectivity index (χ1) is 4.81. The molecule has 1 aliphatic carbocycles. The molecule has 2 fully saturated rings. The SMILES string of the molecule is OC1(C2CC2)CCCOC1. The van der Waals surface area contributed by atoms with Crippen molar-refractivity contribution in [1.29, 1.82) is 0 Å². The van der Waals surface area contributed by atoms with E-state index in [0.717, 1.165) is 19.4 Å². The van der Waals surface area contributed by atoms with E-state index < -0.39 is 5.60 Å². The van der Waals surface area contributed by atoms with Crippen LogP contribution < -0.4 is 0 Å². The fourth-order valence-electron chi connectivity index (χ4n) is 1.74. The highest BCUT2D eigenvalue weighted by molar-refractivity contribution is 4.95. The zero-order chi connectivity index (χ0) is 7.03. The molecule has 1 aliphatic heterocycles. The van der Waals surface area contributed by atoms with E-state index in [0.29, 0.717) is 12.5 Å². The minimum absolute atomic E-state index is 0.432. The molecule has 58 valence electrons. The fraction of sp³-hybridized carbons (Fsp3) is 1.00. The van der Waals surface area contributed by atoms with Crippen LogP contribution in [0, 0.1) is 5.92 Å². The van der Waals surface area contributed by atoms with Crippen molar-refractivity contribution in [2.75, 3.05) is 13.2 Å². The maximum absolute atomic E-state index is 9.89. The number of hydrogen-bond acceptors (Lipinski definition) is 2. The molecule has 0 aromatic carbocycles. The third-order valence-electron chi connectivity index (χ3n) is 2.59. The van der Waals surface area contributed by atoms with Gasteiger partial charge in [0.1, 0.15) is 0 Å². The summed E-state index contributed by atoms with van der Waals surface area (Å²) in [5.74, 6) is 0.563. The molecule has 0 radical (unpaired) electrons. The van der Waals surface area contributed by atoms with E-state index in [1.54, 1.807) is 0 Å². The largest absolute Gasteiger partial charge is 0.387 e. The fourth-order valence-corrected chi connectivity index (χ4v) is 1.74. The molecule has 10 heavy (non-hydrogen) atoms. The van der Waals surface area contributed by atoms with Crippen LogP contribution in [-0.4, -0.2) is 23.9 Å². The third-order valence-corrected chi connectivity index (χ3v) is 2.59. The maximum atomic E-state index is 9.89. The zero-order valence-electron chi connectivity index (χ0n) is 6.18. The number of aliphatic hydroxyl groups is 1. The summed E-state index contributed by atoms with van der Waals surface area (Å²) < 4.78 is 5.24. The quantitative estimate of drug-likeness (QED) is 0.590. The highest BCUT2D eigenvalue weighted by Gasteiger charge is 2.44. The Morgan fingerprint density at radius 2 is 2.20 bits per heavy atom. The monoisotopic (exact) mass is 142 g/mol. The van der Waals surface area contributed by atoms with Gasteiger partial charge in [-0.2, -0.15) is 0 Å². The lowest BCUT2D eigenvalue weighted by Gasteiger charge is -2.31. The number of rotatable bonds is 1. The molecule has 0 bridgehead atoms. The molecule has 1 N–H and O–H groups in total. The predicted molar refractivity (Wildman–Crippen MR) is 37.7 cm³/mol. The first-order valence-corrected chi connectivity index (χ1v) is 4.11. The van der Waals surface area contributed by atoms with Crippen molar-refractivity contribution in [3.05, 3.63) is 0 Å². The van der Waals surface area contributed by atoms with E-state index in [2.05, 4.69) is 0 Å². The predicted octanol–water partition coefficient (Wildman–Crippen LogP) is 0.938. The summed E-state index contributed by atoms with van der Waals surface area (Å²) in [4.78, 5) is 0. The summed E-state index contributed by atoms with van der Waals surface area (Å²) in [6.07, 6.45) is 4.41. The molecule has 2 nitrogen and oxygen atoms in total. The lowest BCUT2D eigenvalue weighted by molar-refractivity contribution is -0.0985. The van der Waals surface area contributed by atoms with Gasteiger partial charge in [0.15, 0.2) is 0 Å². The summed E-state index contributed by atoms with van der Waals surface area (Å²) in [7, 11) is 0. The van der Waals surface area contributed by atoms with Gasteiger partial charge < -0.3 is 9.84 Å². The average Bonchev–Trinajstić information content (AvgIpc) is 2.69. The van der Waals surface area contributed by atoms with Crippen LogP contribution in [-0.2, 0) is 4.74 Å². The van der Waals surface area contributed by atoms with E-state index in [4.69, 9.17) is 4.74 Å². The van der Waals surface area contributed by atoms with Gasteiger partial charge in [-0.3, -0.25) is 0 Å². The lowest BCUT2D eigenvalue weighted by Crippen LogP contribution is -2.40. The second-order valence-corrected chi connectivity index (χ2v) is 3.53. The van der Waals surface area contributed by atoms with Crippen LogP contribution in [0.2, 0.25) is 0 Å². The van der Waals surface area contributed by atoms with Crippen molar-refractivity contribution >= 4 is 0 Å². The van der Waals surface area contributed by atoms with Crippen LogP contribution in [0.4, 0.5) is 0 Å². The Kier molecular flexibility index (Phi) is 1.46. The third kappa shape index (κ3) is 1.06. The lowest BCUT2D eigenvalue weighted by atomic mass is 9.91. The van der Waals surface area contributed by atoms with E-state index in [1.165, 1.54) is 12.8 Å². The Morgan fingerprint density at radius 1 is 1.40 bits per heavy atom. The molecular weight excluding hydrogens is 128 g/mol. The topological polar surface area (TPSA) is 29.5 Å². The van der Waals surface area contributed by atoms with Crippen LogP contribution >= 0.6 is 0 Å². The standard InChI is InChI=1S/C8H14O2/c9-8(7-2-3-7)4-1-5-10-6-8/h7,9H,1-6H2. The molecule has 2 heteroatoms. The molecule has 0 aromatic heterocycles. The zero-order valence-corrected chi connectivity index (χ0v) is 6.18. The Bertz CT molecular complexity index is 123. The van der Waals surface area contributed by atoms with Gasteiger partial charge >= 0.3 is 0 Å². The minimum Gasteiger partial charge on any atom is -0.387 e. The molecule has 1 unspecified atom stereocenters. The molecule has 1 saturated heterocycles. The van der Waals surface area contributed by atoms with Crippen molar-refractivity contribution in [2.24, 2.45) is 5.92 Å². The molecule has 2 aliphatic rings. The molecule has 0 amide bonds. The summed E-state index contributed by atoms with van der Waals surface area (Å²) in [5.41, 5.74) is -0.432. The van der Waals surface area contributed by atoms with Gasteiger partial charge in [-0.15, -0.1) is 0 Å². The first kappa shape index (κ1) is 6.62. The van der Waals surface area contributed by atoms with Crippen LogP contribution in [0.15, 0.2) is 0 Å². The summed E-state index contributed by atoms with van der Waals surface area (Å²) in [6, 6.07) is 0. The molecular formula is C8H14O2. The van der Waals surface area contributed by atoms with Gasteiger partial charge in [0.25, 0.3) is 0 Å². The van der Waals surface area contributed by atoms with Gasteiger partial charge in [0, 0.05) is 6.61 Å². The molecule has 1 atom stereocenters. The Balaban J connectivity index is 1.97. The van der Waals surface area contributed by atoms with E-state index in [1.807, 2.05) is 0 Å². The van der Waals surface area contributed by atoms with Crippen molar-refractivity contribution in [1.82, 2.24) is 0 Å². The summed E-state index contributed by atoms with van der Waals surface area (Å²) in [5, 5.41) is 9.89. The van der Waals surface area contributed by atoms with Crippen LogP contribution in [0.25, 0.3) is 0 Å². The molecule has 1 heterocycles.